The SMILES string of the molecule is CCNS(=O)(=O)N1CCNCC1c1cccc(F)c1.Cl. The molecule has 20 heavy (non-hydrogen) atoms. The molecule has 114 valence electrons. The van der Waals surface area contributed by atoms with Crippen LogP contribution in [0.2, 0.25) is 0 Å². The van der Waals surface area contributed by atoms with Gasteiger partial charge >= 0.3 is 0 Å². The molecule has 1 aromatic rings. The molecule has 0 spiro atoms. The number of benzene rings is 1. The van der Waals surface area contributed by atoms with Crippen molar-refractivity contribution < 1.29 is 12.8 Å². The van der Waals surface area contributed by atoms with E-state index >= 15 is 0 Å². The highest BCUT2D eigenvalue weighted by molar-refractivity contribution is 7.87. The van der Waals surface area contributed by atoms with Crippen LogP contribution in [-0.4, -0.2) is 38.9 Å². The standard InChI is InChI=1S/C12H18FN3O2S.ClH/c1-2-15-19(17,18)16-7-6-14-9-12(16)10-4-3-5-11(13)8-10;/h3-5,8,12,14-15H,2,6-7,9H2,1H3;1H. The average molecular weight is 324 g/mol. The first-order chi connectivity index (χ1) is 9.04. The molecule has 1 heterocycles. The van der Waals surface area contributed by atoms with Crippen LogP contribution in [0.25, 0.3) is 0 Å². The predicted molar refractivity (Wildman–Crippen MR) is 78.6 cm³/mol. The Labute approximate surface area is 125 Å². The van der Waals surface area contributed by atoms with Crippen LogP contribution < -0.4 is 10.0 Å². The van der Waals surface area contributed by atoms with Crippen LogP contribution in [0.1, 0.15) is 18.5 Å². The zero-order valence-corrected chi connectivity index (χ0v) is 12.8. The van der Waals surface area contributed by atoms with Crippen LogP contribution in [0.4, 0.5) is 4.39 Å². The molecular formula is C12H19ClFN3O2S. The third kappa shape index (κ3) is 3.89. The van der Waals surface area contributed by atoms with Gasteiger partial charge in [0.05, 0.1) is 6.04 Å². The maximum Gasteiger partial charge on any atom is 0.280 e. The lowest BCUT2D eigenvalue weighted by atomic mass is 10.1. The molecule has 1 aliphatic heterocycles. The highest BCUT2D eigenvalue weighted by Crippen LogP contribution is 2.24. The Kier molecular flexibility index (Phi) is 6.35. The predicted octanol–water partition coefficient (Wildman–Crippen LogP) is 1.05. The zero-order valence-electron chi connectivity index (χ0n) is 11.2. The summed E-state index contributed by atoms with van der Waals surface area (Å²) in [5.41, 5.74) is 0.661. The largest absolute Gasteiger partial charge is 0.313 e. The maximum atomic E-state index is 13.3. The van der Waals surface area contributed by atoms with Gasteiger partial charge in [0.1, 0.15) is 5.82 Å². The van der Waals surface area contributed by atoms with Gasteiger partial charge in [-0.25, -0.2) is 9.11 Å². The molecule has 1 fully saturated rings. The second-order valence-corrected chi connectivity index (χ2v) is 6.10. The minimum absolute atomic E-state index is 0. The molecule has 1 atom stereocenters. The Morgan fingerprint density at radius 3 is 2.90 bits per heavy atom. The summed E-state index contributed by atoms with van der Waals surface area (Å²) in [6.07, 6.45) is 0. The fraction of sp³-hybridized carbons (Fsp3) is 0.500. The van der Waals surface area contributed by atoms with E-state index in [1.807, 2.05) is 0 Å². The van der Waals surface area contributed by atoms with Crippen molar-refractivity contribution in [3.8, 4) is 0 Å². The van der Waals surface area contributed by atoms with Crippen molar-refractivity contribution in [2.75, 3.05) is 26.2 Å². The van der Waals surface area contributed by atoms with E-state index in [1.54, 1.807) is 19.1 Å². The first-order valence-electron chi connectivity index (χ1n) is 6.27. The average Bonchev–Trinajstić information content (AvgIpc) is 2.39. The molecule has 8 heteroatoms. The summed E-state index contributed by atoms with van der Waals surface area (Å²) in [5, 5.41) is 3.14. The molecule has 0 radical (unpaired) electrons. The van der Waals surface area contributed by atoms with Gasteiger partial charge < -0.3 is 5.32 Å². The summed E-state index contributed by atoms with van der Waals surface area (Å²) >= 11 is 0. The van der Waals surface area contributed by atoms with E-state index < -0.39 is 10.2 Å². The topological polar surface area (TPSA) is 61.4 Å². The van der Waals surface area contributed by atoms with Crippen molar-refractivity contribution in [1.82, 2.24) is 14.3 Å². The first-order valence-corrected chi connectivity index (χ1v) is 7.71. The third-order valence-electron chi connectivity index (χ3n) is 3.06. The summed E-state index contributed by atoms with van der Waals surface area (Å²) in [6.45, 7) is 3.51. The van der Waals surface area contributed by atoms with E-state index in [0.29, 0.717) is 31.7 Å². The van der Waals surface area contributed by atoms with Gasteiger partial charge in [-0.2, -0.15) is 12.7 Å². The van der Waals surface area contributed by atoms with Crippen LogP contribution in [0, 0.1) is 5.82 Å². The molecule has 2 N–H and O–H groups in total. The number of rotatable bonds is 4. The molecule has 1 aromatic carbocycles. The number of nitrogens with one attached hydrogen (secondary N) is 2. The third-order valence-corrected chi connectivity index (χ3v) is 4.77. The monoisotopic (exact) mass is 323 g/mol. The van der Waals surface area contributed by atoms with Gasteiger partial charge in [-0.1, -0.05) is 19.1 Å². The van der Waals surface area contributed by atoms with Crippen molar-refractivity contribution >= 4 is 22.6 Å². The molecule has 0 bridgehead atoms. The molecule has 1 unspecified atom stereocenters. The lowest BCUT2D eigenvalue weighted by Gasteiger charge is -2.35. The fourth-order valence-electron chi connectivity index (χ4n) is 2.24. The van der Waals surface area contributed by atoms with E-state index in [2.05, 4.69) is 10.0 Å². The minimum Gasteiger partial charge on any atom is -0.313 e. The van der Waals surface area contributed by atoms with Gasteiger partial charge in [-0.3, -0.25) is 0 Å². The number of nitrogens with zero attached hydrogens (tertiary/aromatic N) is 1. The van der Waals surface area contributed by atoms with E-state index in [0.717, 1.165) is 0 Å². The first kappa shape index (κ1) is 17.3. The fourth-order valence-corrected chi connectivity index (χ4v) is 3.63. The van der Waals surface area contributed by atoms with E-state index in [-0.39, 0.29) is 24.3 Å². The summed E-state index contributed by atoms with van der Waals surface area (Å²) in [5.74, 6) is -0.358. The van der Waals surface area contributed by atoms with Crippen molar-refractivity contribution in [2.24, 2.45) is 0 Å². The van der Waals surface area contributed by atoms with Gasteiger partial charge in [0.15, 0.2) is 0 Å². The molecule has 2 rings (SSSR count). The molecular weight excluding hydrogens is 305 g/mol. The van der Waals surface area contributed by atoms with Crippen LogP contribution in [-0.2, 0) is 10.2 Å². The summed E-state index contributed by atoms with van der Waals surface area (Å²) in [4.78, 5) is 0. The molecule has 5 nitrogen and oxygen atoms in total. The highest BCUT2D eigenvalue weighted by atomic mass is 35.5. The van der Waals surface area contributed by atoms with Crippen molar-refractivity contribution in [2.45, 2.75) is 13.0 Å². The Balaban J connectivity index is 0.00000200. The number of hydrogen-bond acceptors (Lipinski definition) is 3. The summed E-state index contributed by atoms with van der Waals surface area (Å²) in [6, 6.07) is 5.69. The highest BCUT2D eigenvalue weighted by Gasteiger charge is 2.32. The number of halogens is 2. The Morgan fingerprint density at radius 1 is 1.50 bits per heavy atom. The molecule has 0 aromatic heterocycles. The van der Waals surface area contributed by atoms with E-state index in [4.69, 9.17) is 0 Å². The molecule has 1 saturated heterocycles. The molecule has 0 aliphatic carbocycles. The normalized spacial score (nSPS) is 20.4. The Hall–Kier alpha value is -0.730. The zero-order chi connectivity index (χ0) is 13.9. The van der Waals surface area contributed by atoms with Gasteiger partial charge in [0, 0.05) is 26.2 Å². The number of hydrogen-bond donors (Lipinski definition) is 2. The van der Waals surface area contributed by atoms with Crippen molar-refractivity contribution in [3.05, 3.63) is 35.6 Å². The molecule has 1 aliphatic rings. The van der Waals surface area contributed by atoms with Gasteiger partial charge in [-0.15, -0.1) is 12.4 Å². The Morgan fingerprint density at radius 2 is 2.25 bits per heavy atom. The molecule has 0 amide bonds. The lowest BCUT2D eigenvalue weighted by molar-refractivity contribution is 0.268. The smallest absolute Gasteiger partial charge is 0.280 e. The van der Waals surface area contributed by atoms with Crippen LogP contribution in [0.3, 0.4) is 0 Å². The van der Waals surface area contributed by atoms with Crippen molar-refractivity contribution in [1.29, 1.82) is 0 Å². The molecule has 0 saturated carbocycles. The maximum absolute atomic E-state index is 13.3. The van der Waals surface area contributed by atoms with Gasteiger partial charge in [0.2, 0.25) is 0 Å². The minimum atomic E-state index is -3.52. The van der Waals surface area contributed by atoms with Gasteiger partial charge in [0.25, 0.3) is 10.2 Å². The van der Waals surface area contributed by atoms with E-state index in [1.165, 1.54) is 16.4 Å². The van der Waals surface area contributed by atoms with Crippen LogP contribution in [0.15, 0.2) is 24.3 Å². The summed E-state index contributed by atoms with van der Waals surface area (Å²) in [7, 11) is -3.52. The second kappa shape index (κ2) is 7.33. The lowest BCUT2D eigenvalue weighted by Crippen LogP contribution is -2.52. The quantitative estimate of drug-likeness (QED) is 0.870. The summed E-state index contributed by atoms with van der Waals surface area (Å²) < 4.78 is 41.5. The number of piperazine rings is 1. The van der Waals surface area contributed by atoms with Crippen LogP contribution in [0.5, 0.6) is 0 Å². The van der Waals surface area contributed by atoms with Gasteiger partial charge in [-0.05, 0) is 17.7 Å². The van der Waals surface area contributed by atoms with Crippen molar-refractivity contribution in [3.63, 3.8) is 0 Å². The second-order valence-electron chi connectivity index (χ2n) is 4.39. The van der Waals surface area contributed by atoms with E-state index in [9.17, 15) is 12.8 Å². The van der Waals surface area contributed by atoms with Crippen LogP contribution >= 0.6 is 12.4 Å². The Bertz CT molecular complexity index is 541.